The van der Waals surface area contributed by atoms with Crippen LogP contribution in [0.4, 0.5) is 0 Å². The highest BCUT2D eigenvalue weighted by molar-refractivity contribution is 7.95. The largest absolute Gasteiger partial charge is 0.497 e. The van der Waals surface area contributed by atoms with E-state index in [2.05, 4.69) is 0 Å². The molecule has 0 radical (unpaired) electrons. The molecule has 0 aliphatic carbocycles. The zero-order valence-electron chi connectivity index (χ0n) is 10.4. The van der Waals surface area contributed by atoms with E-state index >= 15 is 0 Å². The summed E-state index contributed by atoms with van der Waals surface area (Å²) in [6.07, 6.45) is 3.00. The van der Waals surface area contributed by atoms with Gasteiger partial charge in [-0.2, -0.15) is 0 Å². The molecule has 0 bridgehead atoms. The van der Waals surface area contributed by atoms with Gasteiger partial charge in [0.25, 0.3) is 0 Å². The molecule has 0 amide bonds. The van der Waals surface area contributed by atoms with Gasteiger partial charge in [-0.05, 0) is 37.1 Å². The van der Waals surface area contributed by atoms with Crippen LogP contribution in [0.15, 0.2) is 40.1 Å². The van der Waals surface area contributed by atoms with Gasteiger partial charge in [-0.1, -0.05) is 19.9 Å². The Morgan fingerprint density at radius 2 is 1.82 bits per heavy atom. The van der Waals surface area contributed by atoms with Crippen molar-refractivity contribution in [1.82, 2.24) is 0 Å². The molecule has 0 aliphatic rings. The minimum atomic E-state index is -3.33. The van der Waals surface area contributed by atoms with Crippen LogP contribution in [-0.2, 0) is 9.84 Å². The molecule has 0 saturated heterocycles. The quantitative estimate of drug-likeness (QED) is 0.810. The molecule has 0 atom stereocenters. The van der Waals surface area contributed by atoms with Crippen LogP contribution < -0.4 is 4.74 Å². The van der Waals surface area contributed by atoms with Crippen LogP contribution in [0.25, 0.3) is 0 Å². The van der Waals surface area contributed by atoms with E-state index in [1.54, 1.807) is 37.5 Å². The second-order valence-electron chi connectivity index (χ2n) is 3.61. The number of sulfone groups is 1. The van der Waals surface area contributed by atoms with Crippen LogP contribution in [0, 0.1) is 0 Å². The van der Waals surface area contributed by atoms with Gasteiger partial charge >= 0.3 is 0 Å². The van der Waals surface area contributed by atoms with Crippen LogP contribution in [-0.4, -0.2) is 15.5 Å². The summed E-state index contributed by atoms with van der Waals surface area (Å²) in [5.41, 5.74) is 0. The third-order valence-corrected chi connectivity index (χ3v) is 4.53. The van der Waals surface area contributed by atoms with E-state index in [9.17, 15) is 8.42 Å². The van der Waals surface area contributed by atoms with Crippen molar-refractivity contribution in [3.05, 3.63) is 35.2 Å². The van der Waals surface area contributed by atoms with Crippen LogP contribution in [0.5, 0.6) is 5.75 Å². The zero-order chi connectivity index (χ0) is 12.9. The summed E-state index contributed by atoms with van der Waals surface area (Å²) < 4.78 is 29.5. The number of hydrogen-bond acceptors (Lipinski definition) is 3. The van der Waals surface area contributed by atoms with Gasteiger partial charge < -0.3 is 4.74 Å². The molecule has 0 unspecified atom stereocenters. The average molecular weight is 254 g/mol. The number of benzene rings is 1. The van der Waals surface area contributed by atoms with Gasteiger partial charge in [0.1, 0.15) is 5.75 Å². The van der Waals surface area contributed by atoms with Gasteiger partial charge in [-0.3, -0.25) is 0 Å². The number of methoxy groups -OCH3 is 1. The van der Waals surface area contributed by atoms with Crippen molar-refractivity contribution in [3.8, 4) is 5.75 Å². The van der Waals surface area contributed by atoms with Gasteiger partial charge in [0.15, 0.2) is 0 Å². The van der Waals surface area contributed by atoms with Crippen molar-refractivity contribution in [3.63, 3.8) is 0 Å². The van der Waals surface area contributed by atoms with E-state index in [-0.39, 0.29) is 0 Å². The van der Waals surface area contributed by atoms with E-state index in [1.807, 2.05) is 13.8 Å². The fourth-order valence-electron chi connectivity index (χ4n) is 1.58. The molecule has 4 heteroatoms. The minimum Gasteiger partial charge on any atom is -0.497 e. The summed E-state index contributed by atoms with van der Waals surface area (Å²) in [6.45, 7) is 3.78. The van der Waals surface area contributed by atoms with Crippen LogP contribution >= 0.6 is 0 Å². The first kappa shape index (κ1) is 13.8. The van der Waals surface area contributed by atoms with Crippen molar-refractivity contribution in [2.75, 3.05) is 7.11 Å². The molecule has 17 heavy (non-hydrogen) atoms. The molecule has 0 saturated carbocycles. The first-order valence-electron chi connectivity index (χ1n) is 5.64. The molecule has 0 spiro atoms. The fraction of sp³-hybridized carbons (Fsp3) is 0.385. The van der Waals surface area contributed by atoms with Crippen LogP contribution in [0.2, 0.25) is 0 Å². The SMILES string of the molecule is CCC=C(CC)S(=O)(=O)c1ccc(OC)cc1. The van der Waals surface area contributed by atoms with Crippen molar-refractivity contribution in [2.24, 2.45) is 0 Å². The van der Waals surface area contributed by atoms with Crippen molar-refractivity contribution in [1.29, 1.82) is 0 Å². The molecule has 0 N–H and O–H groups in total. The third-order valence-electron chi connectivity index (χ3n) is 2.50. The Morgan fingerprint density at radius 3 is 2.24 bits per heavy atom. The third kappa shape index (κ3) is 3.09. The molecule has 94 valence electrons. The summed E-state index contributed by atoms with van der Waals surface area (Å²) in [7, 11) is -1.78. The second-order valence-corrected chi connectivity index (χ2v) is 5.61. The maximum absolute atomic E-state index is 12.2. The molecule has 0 fully saturated rings. The lowest BCUT2D eigenvalue weighted by atomic mass is 10.3. The number of ether oxygens (including phenoxy) is 1. The van der Waals surface area contributed by atoms with E-state index in [1.165, 1.54) is 0 Å². The maximum Gasteiger partial charge on any atom is 0.202 e. The lowest BCUT2D eigenvalue weighted by Gasteiger charge is -2.07. The standard InChI is InChI=1S/C13H18O3S/c1-4-6-12(5-2)17(14,15)13-9-7-11(16-3)8-10-13/h6-10H,4-5H2,1-3H3. The van der Waals surface area contributed by atoms with Gasteiger partial charge in [0, 0.05) is 4.91 Å². The Bertz CT molecular complexity index is 484. The second kappa shape index (κ2) is 5.87. The Kier molecular flexibility index (Phi) is 4.75. The van der Waals surface area contributed by atoms with Crippen LogP contribution in [0.3, 0.4) is 0 Å². The van der Waals surface area contributed by atoms with Crippen molar-refractivity contribution >= 4 is 9.84 Å². The number of allylic oxidation sites excluding steroid dienone is 2. The van der Waals surface area contributed by atoms with E-state index in [0.717, 1.165) is 6.42 Å². The molecular weight excluding hydrogens is 236 g/mol. The molecule has 0 aromatic heterocycles. The number of hydrogen-bond donors (Lipinski definition) is 0. The summed E-state index contributed by atoms with van der Waals surface area (Å²) in [5, 5.41) is 0. The zero-order valence-corrected chi connectivity index (χ0v) is 11.3. The molecule has 1 aromatic carbocycles. The highest BCUT2D eigenvalue weighted by Crippen LogP contribution is 2.24. The number of rotatable bonds is 5. The summed E-state index contributed by atoms with van der Waals surface area (Å²) in [4.78, 5) is 0.796. The monoisotopic (exact) mass is 254 g/mol. The highest BCUT2D eigenvalue weighted by Gasteiger charge is 2.18. The fourth-order valence-corrected chi connectivity index (χ4v) is 3.14. The van der Waals surface area contributed by atoms with Gasteiger partial charge in [0.05, 0.1) is 12.0 Å². The van der Waals surface area contributed by atoms with Crippen molar-refractivity contribution < 1.29 is 13.2 Å². The molecule has 3 nitrogen and oxygen atoms in total. The Balaban J connectivity index is 3.16. The predicted octanol–water partition coefficient (Wildman–Crippen LogP) is 3.17. The Morgan fingerprint density at radius 1 is 1.24 bits per heavy atom. The van der Waals surface area contributed by atoms with E-state index in [4.69, 9.17) is 4.74 Å². The Labute approximate surface area is 103 Å². The van der Waals surface area contributed by atoms with E-state index < -0.39 is 9.84 Å². The molecule has 1 rings (SSSR count). The van der Waals surface area contributed by atoms with Gasteiger partial charge in [-0.25, -0.2) is 8.42 Å². The van der Waals surface area contributed by atoms with Gasteiger partial charge in [-0.15, -0.1) is 0 Å². The van der Waals surface area contributed by atoms with E-state index in [0.29, 0.717) is 22.0 Å². The molecule has 1 aromatic rings. The highest BCUT2D eigenvalue weighted by atomic mass is 32.2. The first-order valence-corrected chi connectivity index (χ1v) is 7.12. The molecule has 0 heterocycles. The lowest BCUT2D eigenvalue weighted by Crippen LogP contribution is -2.04. The maximum atomic E-state index is 12.2. The normalized spacial score (nSPS) is 12.5. The summed E-state index contributed by atoms with van der Waals surface area (Å²) >= 11 is 0. The lowest BCUT2D eigenvalue weighted by molar-refractivity contribution is 0.414. The smallest absolute Gasteiger partial charge is 0.202 e. The Hall–Kier alpha value is -1.29. The van der Waals surface area contributed by atoms with Crippen molar-refractivity contribution in [2.45, 2.75) is 31.6 Å². The summed E-state index contributed by atoms with van der Waals surface area (Å²) in [6, 6.07) is 6.47. The minimum absolute atomic E-state index is 0.319. The molecule has 0 aliphatic heterocycles. The topological polar surface area (TPSA) is 43.4 Å². The predicted molar refractivity (Wildman–Crippen MR) is 68.8 cm³/mol. The summed E-state index contributed by atoms with van der Waals surface area (Å²) in [5.74, 6) is 0.654. The molecular formula is C13H18O3S. The first-order chi connectivity index (χ1) is 8.06. The van der Waals surface area contributed by atoms with Gasteiger partial charge in [0.2, 0.25) is 9.84 Å². The average Bonchev–Trinajstić information content (AvgIpc) is 2.35. The van der Waals surface area contributed by atoms with Crippen LogP contribution in [0.1, 0.15) is 26.7 Å².